The minimum Gasteiger partial charge on any atom is -0.393 e. The van der Waals surface area contributed by atoms with Crippen molar-refractivity contribution in [1.29, 1.82) is 0 Å². The van der Waals surface area contributed by atoms with Gasteiger partial charge in [-0.25, -0.2) is 0 Å². The van der Waals surface area contributed by atoms with Crippen molar-refractivity contribution in [2.45, 2.75) is 63.3 Å². The van der Waals surface area contributed by atoms with Gasteiger partial charge in [0.15, 0.2) is 5.79 Å². The van der Waals surface area contributed by atoms with Gasteiger partial charge in [-0.1, -0.05) is 19.3 Å². The predicted octanol–water partition coefficient (Wildman–Crippen LogP) is 2.22. The molecule has 0 bridgehead atoms. The summed E-state index contributed by atoms with van der Waals surface area (Å²) in [5.74, 6) is -0.337. The molecule has 2 saturated carbocycles. The van der Waals surface area contributed by atoms with Crippen LogP contribution in [-0.2, 0) is 9.47 Å². The Morgan fingerprint density at radius 1 is 0.938 bits per heavy atom. The predicted molar refractivity (Wildman–Crippen MR) is 60.0 cm³/mol. The highest BCUT2D eigenvalue weighted by molar-refractivity contribution is 4.99. The van der Waals surface area contributed by atoms with Gasteiger partial charge in [0.1, 0.15) is 0 Å². The molecule has 0 radical (unpaired) electrons. The van der Waals surface area contributed by atoms with Crippen LogP contribution in [0.25, 0.3) is 0 Å². The molecule has 1 saturated heterocycles. The third kappa shape index (κ3) is 1.69. The summed E-state index contributed by atoms with van der Waals surface area (Å²) in [6, 6.07) is 0. The summed E-state index contributed by atoms with van der Waals surface area (Å²) in [6.45, 7) is 1.46. The fourth-order valence-electron chi connectivity index (χ4n) is 3.91. The van der Waals surface area contributed by atoms with Gasteiger partial charge < -0.3 is 14.6 Å². The monoisotopic (exact) mass is 226 g/mol. The summed E-state index contributed by atoms with van der Waals surface area (Å²) in [7, 11) is 0. The van der Waals surface area contributed by atoms with Crippen molar-refractivity contribution < 1.29 is 14.6 Å². The van der Waals surface area contributed by atoms with Gasteiger partial charge in [-0.3, -0.25) is 0 Å². The van der Waals surface area contributed by atoms with Crippen molar-refractivity contribution in [1.82, 2.24) is 0 Å². The van der Waals surface area contributed by atoms with Gasteiger partial charge >= 0.3 is 0 Å². The fourth-order valence-corrected chi connectivity index (χ4v) is 3.91. The molecule has 3 aliphatic rings. The Hall–Kier alpha value is -0.120. The second-order valence-corrected chi connectivity index (χ2v) is 5.76. The zero-order valence-electron chi connectivity index (χ0n) is 9.91. The number of hydrogen-bond donors (Lipinski definition) is 1. The first kappa shape index (κ1) is 11.0. The van der Waals surface area contributed by atoms with Gasteiger partial charge in [0.05, 0.1) is 19.3 Å². The van der Waals surface area contributed by atoms with E-state index in [1.165, 1.54) is 19.3 Å². The highest BCUT2D eigenvalue weighted by atomic mass is 16.7. The average molecular weight is 226 g/mol. The Labute approximate surface area is 97.1 Å². The van der Waals surface area contributed by atoms with Crippen LogP contribution in [-0.4, -0.2) is 30.2 Å². The Kier molecular flexibility index (Phi) is 2.73. The first-order valence-electron chi connectivity index (χ1n) is 6.71. The van der Waals surface area contributed by atoms with Gasteiger partial charge in [-0.05, 0) is 19.3 Å². The number of rotatable bonds is 0. The maximum Gasteiger partial charge on any atom is 0.169 e. The van der Waals surface area contributed by atoms with Crippen LogP contribution >= 0.6 is 0 Å². The lowest BCUT2D eigenvalue weighted by Gasteiger charge is -2.50. The maximum absolute atomic E-state index is 10.3. The van der Waals surface area contributed by atoms with Crippen LogP contribution in [0.3, 0.4) is 0 Å². The summed E-state index contributed by atoms with van der Waals surface area (Å²) < 4.78 is 11.6. The van der Waals surface area contributed by atoms with Crippen LogP contribution < -0.4 is 0 Å². The minimum absolute atomic E-state index is 0.0981. The summed E-state index contributed by atoms with van der Waals surface area (Å²) >= 11 is 0. The van der Waals surface area contributed by atoms with E-state index in [1.807, 2.05) is 0 Å². The standard InChI is InChI=1S/C13H22O3/c14-11-4-7-13(15-8-9-16-13)10-12(11)5-2-1-3-6-12/h11,14H,1-10H2. The molecule has 0 aromatic heterocycles. The summed E-state index contributed by atoms with van der Waals surface area (Å²) in [5.41, 5.74) is 0.0981. The molecule has 92 valence electrons. The fraction of sp³-hybridized carbons (Fsp3) is 1.00. The Morgan fingerprint density at radius 2 is 1.62 bits per heavy atom. The molecule has 16 heavy (non-hydrogen) atoms. The second-order valence-electron chi connectivity index (χ2n) is 5.76. The lowest BCUT2D eigenvalue weighted by atomic mass is 9.62. The number of hydrogen-bond acceptors (Lipinski definition) is 3. The topological polar surface area (TPSA) is 38.7 Å². The Morgan fingerprint density at radius 3 is 2.31 bits per heavy atom. The first-order chi connectivity index (χ1) is 7.75. The Balaban J connectivity index is 1.79. The van der Waals surface area contributed by atoms with E-state index in [4.69, 9.17) is 9.47 Å². The molecule has 2 aliphatic carbocycles. The van der Waals surface area contributed by atoms with Crippen molar-refractivity contribution >= 4 is 0 Å². The van der Waals surface area contributed by atoms with Crippen molar-refractivity contribution in [2.75, 3.05) is 13.2 Å². The SMILES string of the molecule is OC1CCC2(CC13CCCCC3)OCCO2. The smallest absolute Gasteiger partial charge is 0.169 e. The average Bonchev–Trinajstić information content (AvgIpc) is 2.74. The number of aliphatic hydroxyl groups excluding tert-OH is 1. The van der Waals surface area contributed by atoms with E-state index in [1.54, 1.807) is 0 Å². The molecule has 2 spiro atoms. The molecular weight excluding hydrogens is 204 g/mol. The summed E-state index contributed by atoms with van der Waals surface area (Å²) in [4.78, 5) is 0. The molecule has 3 heteroatoms. The molecule has 0 aromatic rings. The molecule has 3 rings (SSSR count). The van der Waals surface area contributed by atoms with E-state index in [0.717, 1.165) is 45.3 Å². The van der Waals surface area contributed by atoms with Crippen molar-refractivity contribution in [3.05, 3.63) is 0 Å². The maximum atomic E-state index is 10.3. The highest BCUT2D eigenvalue weighted by Crippen LogP contribution is 2.52. The zero-order chi connectivity index (χ0) is 11.1. The zero-order valence-corrected chi connectivity index (χ0v) is 9.91. The van der Waals surface area contributed by atoms with Gasteiger partial charge in [0, 0.05) is 18.3 Å². The van der Waals surface area contributed by atoms with E-state index in [0.29, 0.717) is 0 Å². The molecule has 1 N–H and O–H groups in total. The third-order valence-electron chi connectivity index (χ3n) is 4.79. The van der Waals surface area contributed by atoms with Crippen LogP contribution in [0.15, 0.2) is 0 Å². The van der Waals surface area contributed by atoms with Crippen molar-refractivity contribution in [2.24, 2.45) is 5.41 Å². The lowest BCUT2D eigenvalue weighted by molar-refractivity contribution is -0.229. The molecule has 1 unspecified atom stereocenters. The van der Waals surface area contributed by atoms with Crippen LogP contribution in [0.2, 0.25) is 0 Å². The molecular formula is C13H22O3. The number of aliphatic hydroxyl groups is 1. The lowest BCUT2D eigenvalue weighted by Crippen LogP contribution is -2.50. The minimum atomic E-state index is -0.337. The van der Waals surface area contributed by atoms with Crippen LogP contribution in [0, 0.1) is 5.41 Å². The van der Waals surface area contributed by atoms with E-state index in [-0.39, 0.29) is 17.3 Å². The van der Waals surface area contributed by atoms with Crippen LogP contribution in [0.5, 0.6) is 0 Å². The van der Waals surface area contributed by atoms with Crippen molar-refractivity contribution in [3.8, 4) is 0 Å². The quantitative estimate of drug-likeness (QED) is 0.688. The molecule has 1 atom stereocenters. The molecule has 1 aliphatic heterocycles. The highest BCUT2D eigenvalue weighted by Gasteiger charge is 2.52. The van der Waals surface area contributed by atoms with Crippen molar-refractivity contribution in [3.63, 3.8) is 0 Å². The van der Waals surface area contributed by atoms with Gasteiger partial charge in [0.2, 0.25) is 0 Å². The third-order valence-corrected chi connectivity index (χ3v) is 4.79. The largest absolute Gasteiger partial charge is 0.393 e. The van der Waals surface area contributed by atoms with Gasteiger partial charge in [-0.2, -0.15) is 0 Å². The van der Waals surface area contributed by atoms with Gasteiger partial charge in [-0.15, -0.1) is 0 Å². The molecule has 3 fully saturated rings. The normalized spacial score (nSPS) is 36.9. The molecule has 3 nitrogen and oxygen atoms in total. The summed E-state index contributed by atoms with van der Waals surface area (Å²) in [5, 5.41) is 10.3. The van der Waals surface area contributed by atoms with Crippen LogP contribution in [0.4, 0.5) is 0 Å². The van der Waals surface area contributed by atoms with E-state index < -0.39 is 0 Å². The van der Waals surface area contributed by atoms with Gasteiger partial charge in [0.25, 0.3) is 0 Å². The molecule has 1 heterocycles. The van der Waals surface area contributed by atoms with E-state index in [2.05, 4.69) is 0 Å². The summed E-state index contributed by atoms with van der Waals surface area (Å²) in [6.07, 6.45) is 8.65. The Bertz CT molecular complexity index is 252. The molecule has 0 aromatic carbocycles. The second kappa shape index (κ2) is 3.97. The number of ether oxygens (including phenoxy) is 2. The van der Waals surface area contributed by atoms with Crippen LogP contribution in [0.1, 0.15) is 51.4 Å². The first-order valence-corrected chi connectivity index (χ1v) is 6.71. The molecule has 0 amide bonds. The van der Waals surface area contributed by atoms with E-state index >= 15 is 0 Å². The van der Waals surface area contributed by atoms with E-state index in [9.17, 15) is 5.11 Å².